The van der Waals surface area contributed by atoms with Gasteiger partial charge in [0.05, 0.1) is 17.4 Å². The van der Waals surface area contributed by atoms with Crippen molar-refractivity contribution in [3.63, 3.8) is 0 Å². The molecule has 0 aromatic heterocycles. The lowest BCUT2D eigenvalue weighted by Gasteiger charge is -2.19. The first-order valence-corrected chi connectivity index (χ1v) is 11.2. The Morgan fingerprint density at radius 1 is 1.10 bits per heavy atom. The van der Waals surface area contributed by atoms with Gasteiger partial charge in [-0.25, -0.2) is 0 Å². The predicted molar refractivity (Wildman–Crippen MR) is 120 cm³/mol. The van der Waals surface area contributed by atoms with Crippen LogP contribution in [0.15, 0.2) is 42.5 Å². The highest BCUT2D eigenvalue weighted by atomic mass is 16.5. The second kappa shape index (κ2) is 9.96. The molecular weight excluding hydrogens is 392 g/mol. The van der Waals surface area contributed by atoms with Crippen molar-refractivity contribution >= 4 is 17.5 Å². The summed E-state index contributed by atoms with van der Waals surface area (Å²) < 4.78 is 11.5. The van der Waals surface area contributed by atoms with Gasteiger partial charge >= 0.3 is 0 Å². The number of hydrogen-bond acceptors (Lipinski definition) is 4. The number of fused-ring (bicyclic) bond motifs is 1. The van der Waals surface area contributed by atoms with Gasteiger partial charge in [0.2, 0.25) is 0 Å². The molecule has 0 saturated carbocycles. The Hall–Kier alpha value is -2.86. The van der Waals surface area contributed by atoms with E-state index in [1.165, 1.54) is 24.0 Å². The number of amides is 2. The Kier molecular flexibility index (Phi) is 6.87. The first kappa shape index (κ1) is 21.4. The fourth-order valence-corrected chi connectivity index (χ4v) is 4.17. The van der Waals surface area contributed by atoms with E-state index in [1.807, 2.05) is 12.1 Å². The van der Waals surface area contributed by atoms with Crippen molar-refractivity contribution in [1.29, 1.82) is 0 Å². The van der Waals surface area contributed by atoms with Crippen LogP contribution in [-0.2, 0) is 22.4 Å². The van der Waals surface area contributed by atoms with Gasteiger partial charge < -0.3 is 20.1 Å². The smallest absolute Gasteiger partial charge is 0.265 e. The van der Waals surface area contributed by atoms with Gasteiger partial charge in [0.1, 0.15) is 5.75 Å². The van der Waals surface area contributed by atoms with Crippen LogP contribution in [0.5, 0.6) is 5.75 Å². The molecular formula is C25H30N2O4. The third-order valence-corrected chi connectivity index (χ3v) is 5.95. The average molecular weight is 423 g/mol. The van der Waals surface area contributed by atoms with Crippen LogP contribution < -0.4 is 15.4 Å². The highest BCUT2D eigenvalue weighted by Crippen LogP contribution is 2.26. The number of para-hydroxylation sites is 1. The maximum Gasteiger partial charge on any atom is 0.265 e. The average Bonchev–Trinajstić information content (AvgIpc) is 3.31. The summed E-state index contributed by atoms with van der Waals surface area (Å²) in [7, 11) is 0. The molecule has 2 aromatic rings. The van der Waals surface area contributed by atoms with Crippen LogP contribution in [0, 0.1) is 0 Å². The Bertz CT molecular complexity index is 937. The summed E-state index contributed by atoms with van der Waals surface area (Å²) in [6.45, 7) is 2.93. The molecule has 1 saturated heterocycles. The maximum atomic E-state index is 12.8. The van der Waals surface area contributed by atoms with E-state index in [9.17, 15) is 9.59 Å². The topological polar surface area (TPSA) is 76.7 Å². The molecule has 0 bridgehead atoms. The monoisotopic (exact) mass is 422 g/mol. The summed E-state index contributed by atoms with van der Waals surface area (Å²) >= 11 is 0. The third kappa shape index (κ3) is 5.44. The van der Waals surface area contributed by atoms with E-state index < -0.39 is 6.10 Å². The van der Waals surface area contributed by atoms with Gasteiger partial charge in [-0.15, -0.1) is 0 Å². The van der Waals surface area contributed by atoms with Crippen LogP contribution in [0.2, 0.25) is 0 Å². The SMILES string of the molecule is CC(Oc1ccc2c(c1)CCCC2)C(=O)Nc1ccccc1C(=O)NCC1CCCO1. The Morgan fingerprint density at radius 2 is 1.90 bits per heavy atom. The predicted octanol–water partition coefficient (Wildman–Crippen LogP) is 3.88. The molecule has 0 radical (unpaired) electrons. The fraction of sp³-hybridized carbons (Fsp3) is 0.440. The maximum absolute atomic E-state index is 12.8. The van der Waals surface area contributed by atoms with Crippen LogP contribution in [0.4, 0.5) is 5.69 Å². The molecule has 2 unspecified atom stereocenters. The Balaban J connectivity index is 1.37. The number of anilines is 1. The van der Waals surface area contributed by atoms with Gasteiger partial charge in [0.25, 0.3) is 11.8 Å². The number of hydrogen-bond donors (Lipinski definition) is 2. The van der Waals surface area contributed by atoms with Crippen molar-refractivity contribution in [1.82, 2.24) is 5.32 Å². The van der Waals surface area contributed by atoms with Crippen molar-refractivity contribution in [2.75, 3.05) is 18.5 Å². The molecule has 164 valence electrons. The second-order valence-electron chi connectivity index (χ2n) is 8.28. The summed E-state index contributed by atoms with van der Waals surface area (Å²) in [5, 5.41) is 5.75. The van der Waals surface area contributed by atoms with E-state index in [0.29, 0.717) is 23.5 Å². The zero-order valence-corrected chi connectivity index (χ0v) is 18.0. The summed E-state index contributed by atoms with van der Waals surface area (Å²) in [5.74, 6) is 0.178. The van der Waals surface area contributed by atoms with Crippen LogP contribution in [-0.4, -0.2) is 37.2 Å². The van der Waals surface area contributed by atoms with Crippen molar-refractivity contribution < 1.29 is 19.1 Å². The van der Waals surface area contributed by atoms with Gasteiger partial charge in [-0.2, -0.15) is 0 Å². The van der Waals surface area contributed by atoms with Gasteiger partial charge in [-0.1, -0.05) is 18.2 Å². The van der Waals surface area contributed by atoms with E-state index in [2.05, 4.69) is 16.7 Å². The number of nitrogens with one attached hydrogen (secondary N) is 2. The molecule has 2 N–H and O–H groups in total. The minimum atomic E-state index is -0.690. The van der Waals surface area contributed by atoms with Gasteiger partial charge in [0.15, 0.2) is 6.10 Å². The fourth-order valence-electron chi connectivity index (χ4n) is 4.17. The number of carbonyl (C=O) groups excluding carboxylic acids is 2. The molecule has 1 fully saturated rings. The molecule has 1 aliphatic carbocycles. The first-order valence-electron chi connectivity index (χ1n) is 11.2. The van der Waals surface area contributed by atoms with E-state index in [-0.39, 0.29) is 17.9 Å². The first-order chi connectivity index (χ1) is 15.1. The zero-order chi connectivity index (χ0) is 21.6. The number of carbonyl (C=O) groups is 2. The second-order valence-corrected chi connectivity index (χ2v) is 8.28. The van der Waals surface area contributed by atoms with Crippen molar-refractivity contribution in [3.05, 3.63) is 59.2 Å². The molecule has 6 nitrogen and oxygen atoms in total. The number of ether oxygens (including phenoxy) is 2. The van der Waals surface area contributed by atoms with E-state index >= 15 is 0 Å². The summed E-state index contributed by atoms with van der Waals surface area (Å²) in [6, 6.07) is 13.1. The molecule has 0 spiro atoms. The number of rotatable bonds is 7. The molecule has 1 aliphatic heterocycles. The number of benzene rings is 2. The van der Waals surface area contributed by atoms with Gasteiger partial charge in [-0.3, -0.25) is 9.59 Å². The highest BCUT2D eigenvalue weighted by Gasteiger charge is 2.21. The molecule has 2 aromatic carbocycles. The van der Waals surface area contributed by atoms with E-state index in [0.717, 1.165) is 32.3 Å². The quantitative estimate of drug-likeness (QED) is 0.710. The molecule has 6 heteroatoms. The van der Waals surface area contributed by atoms with Crippen LogP contribution in [0.1, 0.15) is 54.1 Å². The lowest BCUT2D eigenvalue weighted by atomic mass is 9.92. The molecule has 2 atom stereocenters. The van der Waals surface area contributed by atoms with Crippen LogP contribution >= 0.6 is 0 Å². The highest BCUT2D eigenvalue weighted by molar-refractivity contribution is 6.04. The lowest BCUT2D eigenvalue weighted by Crippen LogP contribution is -2.34. The summed E-state index contributed by atoms with van der Waals surface area (Å²) in [4.78, 5) is 25.4. The largest absolute Gasteiger partial charge is 0.481 e. The zero-order valence-electron chi connectivity index (χ0n) is 18.0. The lowest BCUT2D eigenvalue weighted by molar-refractivity contribution is -0.122. The van der Waals surface area contributed by atoms with Crippen LogP contribution in [0.3, 0.4) is 0 Å². The standard InChI is InChI=1S/C25H30N2O4/c1-17(31-20-13-12-18-7-2-3-8-19(18)15-20)24(28)27-23-11-5-4-10-22(23)25(29)26-16-21-9-6-14-30-21/h4-5,10-13,15,17,21H,2-3,6-9,14,16H2,1H3,(H,26,29)(H,27,28). The molecule has 2 amide bonds. The minimum absolute atomic E-state index is 0.0655. The van der Waals surface area contributed by atoms with Gasteiger partial charge in [-0.05, 0) is 80.8 Å². The van der Waals surface area contributed by atoms with Crippen molar-refractivity contribution in [2.24, 2.45) is 0 Å². The van der Waals surface area contributed by atoms with Crippen LogP contribution in [0.25, 0.3) is 0 Å². The molecule has 31 heavy (non-hydrogen) atoms. The molecule has 1 heterocycles. The minimum Gasteiger partial charge on any atom is -0.481 e. The van der Waals surface area contributed by atoms with Crippen molar-refractivity contribution in [2.45, 2.75) is 57.7 Å². The normalized spacial score (nSPS) is 18.7. The summed E-state index contributed by atoms with van der Waals surface area (Å²) in [5.41, 5.74) is 3.58. The summed E-state index contributed by atoms with van der Waals surface area (Å²) in [6.07, 6.45) is 5.94. The Labute approximate surface area is 183 Å². The van der Waals surface area contributed by atoms with E-state index in [4.69, 9.17) is 9.47 Å². The van der Waals surface area contributed by atoms with Crippen molar-refractivity contribution in [3.8, 4) is 5.75 Å². The van der Waals surface area contributed by atoms with Gasteiger partial charge in [0, 0.05) is 13.2 Å². The third-order valence-electron chi connectivity index (χ3n) is 5.95. The molecule has 4 rings (SSSR count). The molecule has 2 aliphatic rings. The Morgan fingerprint density at radius 3 is 2.71 bits per heavy atom. The van der Waals surface area contributed by atoms with E-state index in [1.54, 1.807) is 31.2 Å². The number of aryl methyl sites for hydroxylation is 2.